The van der Waals surface area contributed by atoms with E-state index in [-0.39, 0.29) is 12.5 Å². The fraction of sp³-hybridized carbons (Fsp3) is 0.571. The van der Waals surface area contributed by atoms with Crippen molar-refractivity contribution in [3.8, 4) is 0 Å². The van der Waals surface area contributed by atoms with Gasteiger partial charge in [-0.1, -0.05) is 6.07 Å². The number of hydrogen-bond acceptors (Lipinski definition) is 5. The number of pyridine rings is 1. The van der Waals surface area contributed by atoms with Crippen LogP contribution >= 0.6 is 0 Å². The second-order valence-corrected chi connectivity index (χ2v) is 5.12. The molecule has 0 spiro atoms. The maximum Gasteiger partial charge on any atom is 0.272 e. The SMILES string of the molecule is CN1CCN(c2cccc(C(=O)N(C)CCO)n2)CC1. The topological polar surface area (TPSA) is 59.9 Å². The van der Waals surface area contributed by atoms with Crippen LogP contribution in [0.1, 0.15) is 10.5 Å². The van der Waals surface area contributed by atoms with E-state index in [9.17, 15) is 4.79 Å². The number of aliphatic hydroxyl groups excluding tert-OH is 1. The summed E-state index contributed by atoms with van der Waals surface area (Å²) in [6.07, 6.45) is 0. The van der Waals surface area contributed by atoms with Crippen molar-refractivity contribution in [3.63, 3.8) is 0 Å². The molecule has 6 nitrogen and oxygen atoms in total. The van der Waals surface area contributed by atoms with Gasteiger partial charge >= 0.3 is 0 Å². The molecule has 1 amide bonds. The molecule has 20 heavy (non-hydrogen) atoms. The highest BCUT2D eigenvalue weighted by Crippen LogP contribution is 2.14. The lowest BCUT2D eigenvalue weighted by atomic mass is 10.2. The van der Waals surface area contributed by atoms with Gasteiger partial charge in [-0.2, -0.15) is 0 Å². The van der Waals surface area contributed by atoms with E-state index in [0.29, 0.717) is 12.2 Å². The van der Waals surface area contributed by atoms with Crippen molar-refractivity contribution in [1.82, 2.24) is 14.8 Å². The highest BCUT2D eigenvalue weighted by molar-refractivity contribution is 5.92. The molecule has 6 heteroatoms. The number of carbonyl (C=O) groups is 1. The lowest BCUT2D eigenvalue weighted by molar-refractivity contribution is 0.0761. The van der Waals surface area contributed by atoms with Crippen molar-refractivity contribution >= 4 is 11.7 Å². The Morgan fingerprint density at radius 1 is 1.35 bits per heavy atom. The van der Waals surface area contributed by atoms with Gasteiger partial charge in [-0.05, 0) is 19.2 Å². The zero-order valence-corrected chi connectivity index (χ0v) is 12.1. The van der Waals surface area contributed by atoms with E-state index in [4.69, 9.17) is 5.11 Å². The Balaban J connectivity index is 2.09. The molecule has 0 bridgehead atoms. The van der Waals surface area contributed by atoms with E-state index in [1.165, 1.54) is 4.90 Å². The molecule has 0 atom stereocenters. The Kier molecular flexibility index (Phi) is 4.92. The summed E-state index contributed by atoms with van der Waals surface area (Å²) in [6.45, 7) is 4.13. The van der Waals surface area contributed by atoms with Gasteiger partial charge in [-0.3, -0.25) is 4.79 Å². The van der Waals surface area contributed by atoms with Crippen molar-refractivity contribution in [2.45, 2.75) is 0 Å². The van der Waals surface area contributed by atoms with E-state index in [1.807, 2.05) is 12.1 Å². The fourth-order valence-electron chi connectivity index (χ4n) is 2.20. The monoisotopic (exact) mass is 278 g/mol. The number of rotatable bonds is 4. The van der Waals surface area contributed by atoms with Crippen LogP contribution in [-0.2, 0) is 0 Å². The third-order valence-corrected chi connectivity index (χ3v) is 3.56. The predicted molar refractivity (Wildman–Crippen MR) is 78.0 cm³/mol. The van der Waals surface area contributed by atoms with E-state index in [0.717, 1.165) is 32.0 Å². The summed E-state index contributed by atoms with van der Waals surface area (Å²) in [5, 5.41) is 8.89. The first-order chi connectivity index (χ1) is 9.61. The first-order valence-electron chi connectivity index (χ1n) is 6.88. The van der Waals surface area contributed by atoms with Gasteiger partial charge < -0.3 is 19.8 Å². The van der Waals surface area contributed by atoms with E-state index >= 15 is 0 Å². The van der Waals surface area contributed by atoms with Crippen LogP contribution in [0.25, 0.3) is 0 Å². The van der Waals surface area contributed by atoms with E-state index in [2.05, 4.69) is 21.8 Å². The Bertz CT molecular complexity index is 458. The average molecular weight is 278 g/mol. The van der Waals surface area contributed by atoms with Crippen molar-refractivity contribution in [2.75, 3.05) is 58.3 Å². The Morgan fingerprint density at radius 3 is 2.70 bits per heavy atom. The molecular weight excluding hydrogens is 256 g/mol. The number of anilines is 1. The van der Waals surface area contributed by atoms with Gasteiger partial charge in [0.05, 0.1) is 6.61 Å². The summed E-state index contributed by atoms with van der Waals surface area (Å²) >= 11 is 0. The van der Waals surface area contributed by atoms with Crippen molar-refractivity contribution in [2.24, 2.45) is 0 Å². The molecule has 0 aromatic carbocycles. The first-order valence-corrected chi connectivity index (χ1v) is 6.88. The lowest BCUT2D eigenvalue weighted by Crippen LogP contribution is -2.45. The molecule has 0 radical (unpaired) electrons. The van der Waals surface area contributed by atoms with E-state index < -0.39 is 0 Å². The Hall–Kier alpha value is -1.66. The molecule has 0 saturated carbocycles. The lowest BCUT2D eigenvalue weighted by Gasteiger charge is -2.33. The number of amides is 1. The maximum absolute atomic E-state index is 12.1. The standard InChI is InChI=1S/C14H22N4O2/c1-16-6-8-18(9-7-16)13-5-3-4-12(15-13)14(20)17(2)10-11-19/h3-5,19H,6-11H2,1-2H3. The van der Waals surface area contributed by atoms with Crippen LogP contribution in [0, 0.1) is 0 Å². The van der Waals surface area contributed by atoms with Crippen LogP contribution in [0.15, 0.2) is 18.2 Å². The summed E-state index contributed by atoms with van der Waals surface area (Å²) < 4.78 is 0. The fourth-order valence-corrected chi connectivity index (χ4v) is 2.20. The predicted octanol–water partition coefficient (Wildman–Crippen LogP) is -0.102. The normalized spacial score (nSPS) is 16.2. The summed E-state index contributed by atoms with van der Waals surface area (Å²) in [5.41, 5.74) is 0.428. The number of carbonyl (C=O) groups excluding carboxylic acids is 1. The number of aliphatic hydroxyl groups is 1. The number of likely N-dealkylation sites (N-methyl/N-ethyl adjacent to an activating group) is 2. The van der Waals surface area contributed by atoms with Gasteiger partial charge in [0.1, 0.15) is 11.5 Å². The van der Waals surface area contributed by atoms with Crippen LogP contribution in [0.3, 0.4) is 0 Å². The highest BCUT2D eigenvalue weighted by Gasteiger charge is 2.18. The molecule has 1 aliphatic heterocycles. The third kappa shape index (κ3) is 3.46. The average Bonchev–Trinajstić information content (AvgIpc) is 2.47. The van der Waals surface area contributed by atoms with Crippen molar-refractivity contribution in [3.05, 3.63) is 23.9 Å². The maximum atomic E-state index is 12.1. The molecule has 1 aliphatic rings. The summed E-state index contributed by atoms with van der Waals surface area (Å²) in [4.78, 5) is 22.6. The second-order valence-electron chi connectivity index (χ2n) is 5.12. The van der Waals surface area contributed by atoms with Crippen LogP contribution in [0.2, 0.25) is 0 Å². The zero-order valence-electron chi connectivity index (χ0n) is 12.1. The first kappa shape index (κ1) is 14.7. The largest absolute Gasteiger partial charge is 0.395 e. The molecule has 2 heterocycles. The molecule has 110 valence electrons. The number of aromatic nitrogens is 1. The van der Waals surface area contributed by atoms with Crippen LogP contribution in [-0.4, -0.2) is 79.2 Å². The third-order valence-electron chi connectivity index (χ3n) is 3.56. The minimum atomic E-state index is -0.157. The van der Waals surface area contributed by atoms with Gasteiger partial charge in [0, 0.05) is 39.8 Å². The molecule has 0 unspecified atom stereocenters. The van der Waals surface area contributed by atoms with Crippen LogP contribution in [0.4, 0.5) is 5.82 Å². The summed E-state index contributed by atoms with van der Waals surface area (Å²) in [7, 11) is 3.78. The van der Waals surface area contributed by atoms with Crippen molar-refractivity contribution < 1.29 is 9.90 Å². The van der Waals surface area contributed by atoms with Gasteiger partial charge in [0.25, 0.3) is 5.91 Å². The second kappa shape index (κ2) is 6.67. The smallest absolute Gasteiger partial charge is 0.272 e. The molecule has 1 saturated heterocycles. The molecule has 1 N–H and O–H groups in total. The summed E-state index contributed by atoms with van der Waals surface area (Å²) in [5.74, 6) is 0.691. The Morgan fingerprint density at radius 2 is 2.05 bits per heavy atom. The van der Waals surface area contributed by atoms with Gasteiger partial charge in [0.15, 0.2) is 0 Å². The number of nitrogens with zero attached hydrogens (tertiary/aromatic N) is 4. The molecular formula is C14H22N4O2. The zero-order chi connectivity index (χ0) is 14.5. The van der Waals surface area contributed by atoms with E-state index in [1.54, 1.807) is 13.1 Å². The summed E-state index contributed by atoms with van der Waals surface area (Å²) in [6, 6.07) is 5.52. The molecule has 2 rings (SSSR count). The van der Waals surface area contributed by atoms with Crippen molar-refractivity contribution in [1.29, 1.82) is 0 Å². The molecule has 1 aromatic heterocycles. The van der Waals surface area contributed by atoms with Gasteiger partial charge in [-0.25, -0.2) is 4.98 Å². The minimum absolute atomic E-state index is 0.0413. The molecule has 0 aliphatic carbocycles. The number of piperazine rings is 1. The highest BCUT2D eigenvalue weighted by atomic mass is 16.3. The molecule has 1 aromatic rings. The quantitative estimate of drug-likeness (QED) is 0.833. The number of hydrogen-bond donors (Lipinski definition) is 1. The Labute approximate surface area is 119 Å². The van der Waals surface area contributed by atoms with Gasteiger partial charge in [-0.15, -0.1) is 0 Å². The molecule has 1 fully saturated rings. The van der Waals surface area contributed by atoms with Crippen LogP contribution < -0.4 is 4.90 Å². The van der Waals surface area contributed by atoms with Gasteiger partial charge in [0.2, 0.25) is 0 Å². The minimum Gasteiger partial charge on any atom is -0.395 e. The van der Waals surface area contributed by atoms with Crippen LogP contribution in [0.5, 0.6) is 0 Å².